The van der Waals surface area contributed by atoms with E-state index in [1.165, 1.54) is 0 Å². The summed E-state index contributed by atoms with van der Waals surface area (Å²) in [6, 6.07) is 22.8. The number of benzene rings is 3. The highest BCUT2D eigenvalue weighted by atomic mass is 28.4. The van der Waals surface area contributed by atoms with Crippen molar-refractivity contribution in [1.82, 2.24) is 4.98 Å². The summed E-state index contributed by atoms with van der Waals surface area (Å²) in [7, 11) is -0.329. The van der Waals surface area contributed by atoms with Crippen molar-refractivity contribution in [3.05, 3.63) is 90.1 Å². The third kappa shape index (κ3) is 5.27. The maximum absolute atomic E-state index is 13.9. The summed E-state index contributed by atoms with van der Waals surface area (Å²) in [6.07, 6.45) is 1.80. The predicted octanol–water partition coefficient (Wildman–Crippen LogP) is 7.60. The molecule has 4 aromatic rings. The lowest BCUT2D eigenvalue weighted by molar-refractivity contribution is 0.0971. The van der Waals surface area contributed by atoms with Crippen LogP contribution >= 0.6 is 0 Å². The Morgan fingerprint density at radius 3 is 2.37 bits per heavy atom. The Bertz CT molecular complexity index is 1320. The maximum atomic E-state index is 13.9. The van der Waals surface area contributed by atoms with Gasteiger partial charge in [0, 0.05) is 40.5 Å². The van der Waals surface area contributed by atoms with Gasteiger partial charge in [-0.25, -0.2) is 0 Å². The molecule has 0 spiro atoms. The van der Waals surface area contributed by atoms with E-state index in [1.807, 2.05) is 72.8 Å². The molecular weight excluding hydrogens is 452 g/mol. The van der Waals surface area contributed by atoms with Gasteiger partial charge in [0.05, 0.1) is 7.11 Å². The van der Waals surface area contributed by atoms with Crippen LogP contribution in [0.2, 0.25) is 18.1 Å². The zero-order chi connectivity index (χ0) is 25.2. The molecule has 3 aromatic carbocycles. The predicted molar refractivity (Wildman–Crippen MR) is 146 cm³/mol. The molecular formula is C29H34N2O3Si. The zero-order valence-corrected chi connectivity index (χ0v) is 22.3. The molecule has 0 radical (unpaired) electrons. The molecule has 0 aliphatic rings. The van der Waals surface area contributed by atoms with Crippen molar-refractivity contribution < 1.29 is 14.0 Å². The number of aromatic amines is 1. The molecule has 6 heteroatoms. The number of H-pyrrole nitrogens is 1. The quantitative estimate of drug-likeness (QED) is 0.199. The van der Waals surface area contributed by atoms with E-state index in [2.05, 4.69) is 44.2 Å². The smallest absolute Gasteiger partial charge is 0.250 e. The summed E-state index contributed by atoms with van der Waals surface area (Å²) in [6.45, 7) is 11.1. The largest absolute Gasteiger partial charge is 0.543 e. The first kappa shape index (κ1) is 24.6. The topological polar surface area (TPSA) is 63.3 Å². The summed E-state index contributed by atoms with van der Waals surface area (Å²) >= 11 is 0. The fourth-order valence-electron chi connectivity index (χ4n) is 3.80. The molecule has 2 N–H and O–H groups in total. The number of anilines is 1. The van der Waals surface area contributed by atoms with Crippen LogP contribution in [0.15, 0.2) is 79.0 Å². The van der Waals surface area contributed by atoms with Crippen molar-refractivity contribution in [1.29, 1.82) is 0 Å². The molecule has 182 valence electrons. The number of Topliss-reactive ketones (excluding diaryl/α,β-unsaturated/α-hetero) is 1. The number of ketones is 1. The Morgan fingerprint density at radius 2 is 1.69 bits per heavy atom. The molecule has 0 saturated carbocycles. The van der Waals surface area contributed by atoms with Gasteiger partial charge in [0.25, 0.3) is 0 Å². The summed E-state index contributed by atoms with van der Waals surface area (Å²) in [5.41, 5.74) is 3.24. The summed E-state index contributed by atoms with van der Waals surface area (Å²) in [5.74, 6) is 1.55. The van der Waals surface area contributed by atoms with E-state index in [0.717, 1.165) is 33.7 Å². The van der Waals surface area contributed by atoms with Gasteiger partial charge < -0.3 is 19.5 Å². The molecule has 1 atom stereocenters. The van der Waals surface area contributed by atoms with Gasteiger partial charge in [0.1, 0.15) is 17.5 Å². The van der Waals surface area contributed by atoms with Gasteiger partial charge in [-0.15, -0.1) is 0 Å². The van der Waals surface area contributed by atoms with Crippen LogP contribution in [0.4, 0.5) is 5.69 Å². The van der Waals surface area contributed by atoms with Crippen LogP contribution in [0.25, 0.3) is 10.9 Å². The van der Waals surface area contributed by atoms with Crippen LogP contribution in [-0.4, -0.2) is 26.2 Å². The van der Waals surface area contributed by atoms with Crippen LogP contribution in [0.3, 0.4) is 0 Å². The first-order valence-corrected chi connectivity index (χ1v) is 14.8. The lowest BCUT2D eigenvalue weighted by atomic mass is 9.96. The fourth-order valence-corrected chi connectivity index (χ4v) is 4.82. The number of aromatic nitrogens is 1. The van der Waals surface area contributed by atoms with Crippen molar-refractivity contribution in [2.75, 3.05) is 12.4 Å². The highest BCUT2D eigenvalue weighted by Gasteiger charge is 2.39. The highest BCUT2D eigenvalue weighted by molar-refractivity contribution is 6.74. The second kappa shape index (κ2) is 9.62. The van der Waals surface area contributed by atoms with E-state index in [-0.39, 0.29) is 10.8 Å². The first-order valence-electron chi connectivity index (χ1n) is 11.9. The molecule has 0 fully saturated rings. The third-order valence-corrected chi connectivity index (χ3v) is 11.2. The Hall–Kier alpha value is -3.51. The van der Waals surface area contributed by atoms with Crippen molar-refractivity contribution in [3.63, 3.8) is 0 Å². The maximum Gasteiger partial charge on any atom is 0.250 e. The van der Waals surface area contributed by atoms with E-state index in [4.69, 9.17) is 9.16 Å². The minimum atomic E-state index is -1.96. The molecule has 1 unspecified atom stereocenters. The van der Waals surface area contributed by atoms with E-state index in [0.29, 0.717) is 5.56 Å². The molecule has 0 aliphatic heterocycles. The minimum absolute atomic E-state index is 0.0108. The lowest BCUT2D eigenvalue weighted by Crippen LogP contribution is -2.43. The van der Waals surface area contributed by atoms with Crippen molar-refractivity contribution >= 4 is 30.7 Å². The Morgan fingerprint density at radius 1 is 0.943 bits per heavy atom. The molecule has 4 rings (SSSR count). The van der Waals surface area contributed by atoms with E-state index < -0.39 is 14.4 Å². The first-order chi connectivity index (χ1) is 16.6. The Balaban J connectivity index is 1.67. The average Bonchev–Trinajstić information content (AvgIpc) is 3.25. The number of ether oxygens (including phenoxy) is 1. The molecule has 0 amide bonds. The zero-order valence-electron chi connectivity index (χ0n) is 21.3. The summed E-state index contributed by atoms with van der Waals surface area (Å²) < 4.78 is 11.8. The average molecular weight is 487 g/mol. The van der Waals surface area contributed by atoms with Crippen LogP contribution in [0.5, 0.6) is 11.5 Å². The fraction of sp³-hybridized carbons (Fsp3) is 0.276. The molecule has 0 saturated heterocycles. The van der Waals surface area contributed by atoms with Crippen molar-refractivity contribution in [2.24, 2.45) is 0 Å². The number of nitrogens with one attached hydrogen (secondary N) is 2. The monoisotopic (exact) mass is 486 g/mol. The molecule has 1 heterocycles. The van der Waals surface area contributed by atoms with E-state index in [1.54, 1.807) is 13.3 Å². The van der Waals surface area contributed by atoms with Crippen molar-refractivity contribution in [2.45, 2.75) is 44.9 Å². The molecule has 5 nitrogen and oxygen atoms in total. The van der Waals surface area contributed by atoms with E-state index in [9.17, 15) is 4.79 Å². The number of carbonyl (C=O) groups excluding carboxylic acids is 1. The SMILES string of the molecule is COc1cccc(NC(C(=O)c2c[nH]c3cc(O[Si](C)(C)C(C)(C)C)ccc23)c2ccccc2)c1. The molecule has 1 aromatic heterocycles. The standard InChI is InChI=1S/C29H34N2O3Si/c1-29(2,3)35(5,6)34-23-15-16-24-25(19-30-26(24)18-23)28(32)27(20-11-8-7-9-12-20)31-21-13-10-14-22(17-21)33-4/h7-19,27,30-31H,1-6H3. The van der Waals surface area contributed by atoms with Gasteiger partial charge in [0.2, 0.25) is 8.32 Å². The number of fused-ring (bicyclic) bond motifs is 1. The van der Waals surface area contributed by atoms with Gasteiger partial charge in [-0.3, -0.25) is 4.79 Å². The molecule has 35 heavy (non-hydrogen) atoms. The number of rotatable bonds is 8. The third-order valence-electron chi connectivity index (χ3n) is 6.87. The van der Waals surface area contributed by atoms with Gasteiger partial charge in [0.15, 0.2) is 5.78 Å². The summed E-state index contributed by atoms with van der Waals surface area (Å²) in [4.78, 5) is 17.2. The van der Waals surface area contributed by atoms with Gasteiger partial charge in [-0.1, -0.05) is 57.2 Å². The number of methoxy groups -OCH3 is 1. The van der Waals surface area contributed by atoms with Gasteiger partial charge in [-0.05, 0) is 48.0 Å². The van der Waals surface area contributed by atoms with E-state index >= 15 is 0 Å². The normalized spacial score (nSPS) is 12.9. The van der Waals surface area contributed by atoms with Gasteiger partial charge in [-0.2, -0.15) is 0 Å². The lowest BCUT2D eigenvalue weighted by Gasteiger charge is -2.36. The number of carbonyl (C=O) groups is 1. The van der Waals surface area contributed by atoms with Crippen LogP contribution < -0.4 is 14.5 Å². The molecule has 0 bridgehead atoms. The second-order valence-corrected chi connectivity index (χ2v) is 15.1. The highest BCUT2D eigenvalue weighted by Crippen LogP contribution is 2.38. The number of hydrogen-bond donors (Lipinski definition) is 2. The van der Waals surface area contributed by atoms with Crippen LogP contribution in [-0.2, 0) is 0 Å². The Kier molecular flexibility index (Phi) is 6.76. The van der Waals surface area contributed by atoms with Crippen LogP contribution in [0, 0.1) is 0 Å². The Labute approximate surface area is 208 Å². The van der Waals surface area contributed by atoms with Crippen LogP contribution in [0.1, 0.15) is 42.7 Å². The molecule has 0 aliphatic carbocycles. The van der Waals surface area contributed by atoms with Gasteiger partial charge >= 0.3 is 0 Å². The summed E-state index contributed by atoms with van der Waals surface area (Å²) in [5, 5.41) is 4.40. The minimum Gasteiger partial charge on any atom is -0.543 e. The van der Waals surface area contributed by atoms with Crippen molar-refractivity contribution in [3.8, 4) is 11.5 Å². The second-order valence-electron chi connectivity index (χ2n) is 10.4. The number of hydrogen-bond acceptors (Lipinski definition) is 4.